The summed E-state index contributed by atoms with van der Waals surface area (Å²) < 4.78 is 2.50. The average Bonchev–Trinajstić information content (AvgIpc) is 2.75. The molecular formula is C9H13BrN4O. The Bertz CT molecular complexity index is 365. The fraction of sp³-hybridized carbons (Fsp3) is 0.556. The minimum absolute atomic E-state index is 0.0820. The van der Waals surface area contributed by atoms with Crippen LogP contribution in [0.25, 0.3) is 0 Å². The molecule has 1 aromatic heterocycles. The summed E-state index contributed by atoms with van der Waals surface area (Å²) in [5.41, 5.74) is 5.74. The molecule has 0 saturated carbocycles. The number of likely N-dealkylation sites (tertiary alicyclic amines) is 1. The lowest BCUT2D eigenvalue weighted by atomic mass is 10.3. The van der Waals surface area contributed by atoms with Gasteiger partial charge in [0, 0.05) is 25.3 Å². The Morgan fingerprint density at radius 3 is 3.07 bits per heavy atom. The first-order chi connectivity index (χ1) is 7.15. The topological polar surface area (TPSA) is 64.2 Å². The summed E-state index contributed by atoms with van der Waals surface area (Å²) in [6.07, 6.45) is 4.35. The highest BCUT2D eigenvalue weighted by Gasteiger charge is 2.23. The number of amides is 1. The van der Waals surface area contributed by atoms with Crippen LogP contribution >= 0.6 is 15.9 Å². The second kappa shape index (κ2) is 4.32. The van der Waals surface area contributed by atoms with Gasteiger partial charge < -0.3 is 10.6 Å². The van der Waals surface area contributed by atoms with Gasteiger partial charge in [0.15, 0.2) is 0 Å². The van der Waals surface area contributed by atoms with Crippen molar-refractivity contribution in [1.29, 1.82) is 0 Å². The van der Waals surface area contributed by atoms with Crippen LogP contribution in [0.2, 0.25) is 0 Å². The van der Waals surface area contributed by atoms with E-state index in [1.54, 1.807) is 22.0 Å². The first-order valence-electron chi connectivity index (χ1n) is 4.86. The molecule has 2 N–H and O–H groups in total. The van der Waals surface area contributed by atoms with E-state index in [4.69, 9.17) is 5.73 Å². The molecule has 15 heavy (non-hydrogen) atoms. The van der Waals surface area contributed by atoms with E-state index < -0.39 is 0 Å². The molecule has 1 saturated heterocycles. The van der Waals surface area contributed by atoms with Gasteiger partial charge in [-0.15, -0.1) is 0 Å². The predicted molar refractivity (Wildman–Crippen MR) is 59.1 cm³/mol. The molecule has 0 unspecified atom stereocenters. The summed E-state index contributed by atoms with van der Waals surface area (Å²) >= 11 is 3.29. The highest BCUT2D eigenvalue weighted by atomic mass is 79.9. The normalized spacial score (nSPS) is 20.9. The van der Waals surface area contributed by atoms with E-state index in [1.807, 2.05) is 0 Å². The van der Waals surface area contributed by atoms with Gasteiger partial charge in [-0.2, -0.15) is 5.10 Å². The van der Waals surface area contributed by atoms with Gasteiger partial charge in [0.2, 0.25) is 5.91 Å². The summed E-state index contributed by atoms with van der Waals surface area (Å²) in [5.74, 6) is 0.0820. The molecule has 2 heterocycles. The lowest BCUT2D eigenvalue weighted by Crippen LogP contribution is -2.34. The largest absolute Gasteiger partial charge is 0.339 e. The first-order valence-corrected chi connectivity index (χ1v) is 5.66. The van der Waals surface area contributed by atoms with Crippen molar-refractivity contribution in [3.05, 3.63) is 16.9 Å². The number of nitrogens with zero attached hydrogens (tertiary/aromatic N) is 3. The molecule has 1 fully saturated rings. The minimum atomic E-state index is 0.0820. The number of halogens is 1. The Labute approximate surface area is 96.4 Å². The van der Waals surface area contributed by atoms with Gasteiger partial charge in [0.1, 0.15) is 6.54 Å². The number of carbonyl (C=O) groups is 1. The van der Waals surface area contributed by atoms with Gasteiger partial charge in [-0.1, -0.05) is 0 Å². The van der Waals surface area contributed by atoms with Gasteiger partial charge in [0.25, 0.3) is 0 Å². The van der Waals surface area contributed by atoms with E-state index in [2.05, 4.69) is 21.0 Å². The molecule has 6 heteroatoms. The third-order valence-electron chi connectivity index (χ3n) is 2.48. The van der Waals surface area contributed by atoms with E-state index in [-0.39, 0.29) is 18.5 Å². The molecule has 1 aliphatic heterocycles. The minimum Gasteiger partial charge on any atom is -0.339 e. The molecule has 2 rings (SSSR count). The fourth-order valence-electron chi connectivity index (χ4n) is 1.68. The number of hydrogen-bond acceptors (Lipinski definition) is 3. The molecule has 0 radical (unpaired) electrons. The number of aromatic nitrogens is 2. The monoisotopic (exact) mass is 272 g/mol. The van der Waals surface area contributed by atoms with Crippen molar-refractivity contribution in [2.45, 2.75) is 19.0 Å². The van der Waals surface area contributed by atoms with Crippen molar-refractivity contribution in [3.63, 3.8) is 0 Å². The van der Waals surface area contributed by atoms with E-state index in [0.717, 1.165) is 17.4 Å². The van der Waals surface area contributed by atoms with Crippen molar-refractivity contribution in [1.82, 2.24) is 14.7 Å². The van der Waals surface area contributed by atoms with Gasteiger partial charge in [-0.25, -0.2) is 0 Å². The van der Waals surface area contributed by atoms with E-state index in [0.29, 0.717) is 6.54 Å². The molecule has 0 spiro atoms. The Balaban J connectivity index is 1.92. The predicted octanol–water partition coefficient (Wildman–Crippen LogP) is 0.205. The number of rotatable bonds is 2. The highest BCUT2D eigenvalue weighted by Crippen LogP contribution is 2.09. The first kappa shape index (κ1) is 10.6. The van der Waals surface area contributed by atoms with Crippen LogP contribution in [0.4, 0.5) is 0 Å². The summed E-state index contributed by atoms with van der Waals surface area (Å²) in [6.45, 7) is 1.72. The van der Waals surface area contributed by atoms with E-state index >= 15 is 0 Å². The molecule has 1 aliphatic rings. The zero-order valence-corrected chi connectivity index (χ0v) is 9.85. The van der Waals surface area contributed by atoms with Crippen LogP contribution in [-0.2, 0) is 11.3 Å². The lowest BCUT2D eigenvalue weighted by molar-refractivity contribution is -0.131. The van der Waals surface area contributed by atoms with Gasteiger partial charge in [-0.3, -0.25) is 9.48 Å². The molecule has 0 bridgehead atoms. The third kappa shape index (κ3) is 2.57. The maximum atomic E-state index is 11.8. The van der Waals surface area contributed by atoms with Crippen LogP contribution in [0.1, 0.15) is 6.42 Å². The summed E-state index contributed by atoms with van der Waals surface area (Å²) in [5, 5.41) is 4.04. The van der Waals surface area contributed by atoms with E-state index in [9.17, 15) is 4.79 Å². The fourth-order valence-corrected chi connectivity index (χ4v) is 2.01. The summed E-state index contributed by atoms with van der Waals surface area (Å²) in [7, 11) is 0. The van der Waals surface area contributed by atoms with Crippen molar-refractivity contribution >= 4 is 21.8 Å². The maximum absolute atomic E-state index is 11.8. The van der Waals surface area contributed by atoms with Crippen LogP contribution in [0.5, 0.6) is 0 Å². The van der Waals surface area contributed by atoms with E-state index in [1.165, 1.54) is 0 Å². The molecule has 82 valence electrons. The van der Waals surface area contributed by atoms with Crippen LogP contribution in [0, 0.1) is 0 Å². The number of hydrogen-bond donors (Lipinski definition) is 1. The molecule has 1 atom stereocenters. The smallest absolute Gasteiger partial charge is 0.244 e. The van der Waals surface area contributed by atoms with Crippen LogP contribution in [-0.4, -0.2) is 39.7 Å². The Hall–Kier alpha value is -0.880. The Morgan fingerprint density at radius 2 is 2.53 bits per heavy atom. The van der Waals surface area contributed by atoms with Gasteiger partial charge >= 0.3 is 0 Å². The quantitative estimate of drug-likeness (QED) is 0.837. The molecule has 0 aliphatic carbocycles. The van der Waals surface area contributed by atoms with Crippen molar-refractivity contribution in [2.24, 2.45) is 5.73 Å². The maximum Gasteiger partial charge on any atom is 0.244 e. The van der Waals surface area contributed by atoms with Gasteiger partial charge in [0.05, 0.1) is 10.7 Å². The second-order valence-electron chi connectivity index (χ2n) is 3.74. The third-order valence-corrected chi connectivity index (χ3v) is 2.89. The van der Waals surface area contributed by atoms with Crippen molar-refractivity contribution in [2.75, 3.05) is 13.1 Å². The molecular weight excluding hydrogens is 260 g/mol. The number of carbonyl (C=O) groups excluding carboxylic acids is 1. The van der Waals surface area contributed by atoms with Crippen LogP contribution in [0.15, 0.2) is 16.9 Å². The molecule has 5 nitrogen and oxygen atoms in total. The standard InChI is InChI=1S/C9H13BrN4O/c10-7-3-12-14(4-7)6-9(15)13-2-1-8(11)5-13/h3-4,8H,1-2,5-6,11H2/t8-/m1/s1. The molecule has 0 aromatic carbocycles. The summed E-state index contributed by atoms with van der Waals surface area (Å²) in [6, 6.07) is 0.137. The number of nitrogens with two attached hydrogens (primary N) is 1. The zero-order valence-electron chi connectivity index (χ0n) is 8.27. The summed E-state index contributed by atoms with van der Waals surface area (Å²) in [4.78, 5) is 13.6. The Kier molecular flexibility index (Phi) is 3.06. The SMILES string of the molecule is N[C@@H]1CCN(C(=O)Cn2cc(Br)cn2)C1. The van der Waals surface area contributed by atoms with Gasteiger partial charge in [-0.05, 0) is 22.4 Å². The van der Waals surface area contributed by atoms with Crippen molar-refractivity contribution < 1.29 is 4.79 Å². The highest BCUT2D eigenvalue weighted by molar-refractivity contribution is 9.10. The molecule has 1 amide bonds. The van der Waals surface area contributed by atoms with Crippen LogP contribution in [0.3, 0.4) is 0 Å². The zero-order chi connectivity index (χ0) is 10.8. The average molecular weight is 273 g/mol. The molecule has 1 aromatic rings. The van der Waals surface area contributed by atoms with Crippen LogP contribution < -0.4 is 5.73 Å². The Morgan fingerprint density at radius 1 is 1.73 bits per heavy atom. The second-order valence-corrected chi connectivity index (χ2v) is 4.66. The van der Waals surface area contributed by atoms with Crippen molar-refractivity contribution in [3.8, 4) is 0 Å². The lowest BCUT2D eigenvalue weighted by Gasteiger charge is -2.15.